The Hall–Kier alpha value is -7.10. The van der Waals surface area contributed by atoms with Gasteiger partial charge in [-0.15, -0.1) is 53.6 Å². The van der Waals surface area contributed by atoms with E-state index in [0.29, 0.717) is 11.1 Å². The molecule has 0 saturated carbocycles. The Kier molecular flexibility index (Phi) is 12.8. The SMILES string of the molecule is CC(C)(C)c1ccnc(-c2[c-]cccc2)c1.CC(C)c1cc(-c2ccccc2)cc(C(C)C)c1-n1c(-c2[c-]cc(C(C)(C)C)c3c2oc2c3ccc3oc4cc(C#N)ccc4c32)nc2ccccc21.[Ir]. The summed E-state index contributed by atoms with van der Waals surface area (Å²) in [5, 5.41) is 13.5. The fraction of sp³-hybridized carbons (Fsp3) is 0.222. The van der Waals surface area contributed by atoms with Crippen LogP contribution >= 0.6 is 0 Å². The molecule has 4 aromatic heterocycles. The summed E-state index contributed by atoms with van der Waals surface area (Å²) < 4.78 is 15.8. The predicted molar refractivity (Wildman–Crippen MR) is 284 cm³/mol. The number of aromatic nitrogens is 3. The van der Waals surface area contributed by atoms with Gasteiger partial charge < -0.3 is 18.4 Å². The number of hydrogen-bond acceptors (Lipinski definition) is 5. The number of nitrogens with zero attached hydrogens (tertiary/aromatic N) is 4. The first-order chi connectivity index (χ1) is 33.1. The number of imidazole rings is 1. The molecule has 6 nitrogen and oxygen atoms in total. The zero-order valence-corrected chi connectivity index (χ0v) is 43.8. The first-order valence-corrected chi connectivity index (χ1v) is 23.9. The third kappa shape index (κ3) is 8.65. The van der Waals surface area contributed by atoms with Gasteiger partial charge in [0.25, 0.3) is 0 Å². The largest absolute Gasteiger partial charge is 0.500 e. The molecule has 0 saturated heterocycles. The van der Waals surface area contributed by atoms with E-state index >= 15 is 0 Å². The van der Waals surface area contributed by atoms with Gasteiger partial charge >= 0.3 is 0 Å². The van der Waals surface area contributed by atoms with Crippen LogP contribution in [0.25, 0.3) is 94.4 Å². The molecule has 351 valence electrons. The van der Waals surface area contributed by atoms with Crippen LogP contribution in [0, 0.1) is 23.5 Å². The van der Waals surface area contributed by atoms with Crippen molar-refractivity contribution in [2.24, 2.45) is 0 Å². The number of para-hydroxylation sites is 2. The van der Waals surface area contributed by atoms with Crippen molar-refractivity contribution in [3.05, 3.63) is 186 Å². The molecule has 0 spiro atoms. The van der Waals surface area contributed by atoms with Crippen molar-refractivity contribution in [1.82, 2.24) is 14.5 Å². The van der Waals surface area contributed by atoms with E-state index in [1.807, 2.05) is 48.7 Å². The van der Waals surface area contributed by atoms with E-state index in [9.17, 15) is 5.26 Å². The minimum absolute atomic E-state index is 0. The van der Waals surface area contributed by atoms with Crippen molar-refractivity contribution in [3.8, 4) is 45.5 Å². The van der Waals surface area contributed by atoms with Gasteiger partial charge in [-0.1, -0.05) is 129 Å². The van der Waals surface area contributed by atoms with Gasteiger partial charge in [0.2, 0.25) is 0 Å². The minimum atomic E-state index is -0.192. The first-order valence-electron chi connectivity index (χ1n) is 23.9. The summed E-state index contributed by atoms with van der Waals surface area (Å²) in [4.78, 5) is 9.79. The summed E-state index contributed by atoms with van der Waals surface area (Å²) in [7, 11) is 0. The van der Waals surface area contributed by atoms with Crippen LogP contribution < -0.4 is 0 Å². The number of pyridine rings is 1. The van der Waals surface area contributed by atoms with E-state index in [0.717, 1.165) is 83.2 Å². The summed E-state index contributed by atoms with van der Waals surface area (Å²) in [5.74, 6) is 1.27. The van der Waals surface area contributed by atoms with E-state index in [-0.39, 0.29) is 42.8 Å². The number of furan rings is 2. The molecular weight excluding hydrogens is 1040 g/mol. The maximum atomic E-state index is 9.58. The molecule has 0 N–H and O–H groups in total. The molecule has 7 aromatic carbocycles. The van der Waals surface area contributed by atoms with Crippen LogP contribution in [0.15, 0.2) is 155 Å². The van der Waals surface area contributed by atoms with Gasteiger partial charge in [-0.3, -0.25) is 4.98 Å². The van der Waals surface area contributed by atoms with Crippen LogP contribution in [-0.2, 0) is 30.9 Å². The summed E-state index contributed by atoms with van der Waals surface area (Å²) in [6.07, 6.45) is 1.87. The van der Waals surface area contributed by atoms with E-state index in [1.165, 1.54) is 27.8 Å². The molecule has 11 rings (SSSR count). The molecular formula is C63H56IrN4O2-2. The topological polar surface area (TPSA) is 80.8 Å². The standard InChI is InChI=1S/C48H40N3O2.C15H16N.Ir/c1-27(2)35-24-31(30-13-9-8-10-14-30)25-36(28(3)4)44(35)51-39-16-12-11-15-38(39)50-47(51)34-19-21-37(48(5,6)7)42-33-20-22-40-43(45(33)53-46(34)42)32-18-17-29(26-49)23-41(32)52-40;1-15(2,3)13-9-10-16-14(11-13)12-7-5-4-6-8-12;/h8-18,20-25,27-28H,1-7H3;4-7,9-11H,1-3H3;/q2*-1;. The molecule has 0 aliphatic rings. The van der Waals surface area contributed by atoms with Crippen LogP contribution in [-0.4, -0.2) is 14.5 Å². The molecule has 0 atom stereocenters. The third-order valence-electron chi connectivity index (χ3n) is 13.2. The minimum Gasteiger partial charge on any atom is -0.500 e. The number of fused-ring (bicyclic) bond motifs is 8. The summed E-state index contributed by atoms with van der Waals surface area (Å²) in [6, 6.07) is 57.0. The second-order valence-corrected chi connectivity index (χ2v) is 20.8. The van der Waals surface area contributed by atoms with E-state index < -0.39 is 0 Å². The van der Waals surface area contributed by atoms with Crippen LogP contribution in [0.5, 0.6) is 0 Å². The quantitative estimate of drug-likeness (QED) is 0.155. The summed E-state index contributed by atoms with van der Waals surface area (Å²) >= 11 is 0. The molecule has 0 unspecified atom stereocenters. The van der Waals surface area contributed by atoms with Crippen molar-refractivity contribution < 1.29 is 28.9 Å². The number of benzene rings is 7. The molecule has 1 radical (unpaired) electrons. The van der Waals surface area contributed by atoms with Gasteiger partial charge in [0.15, 0.2) is 0 Å². The van der Waals surface area contributed by atoms with Crippen molar-refractivity contribution in [1.29, 1.82) is 5.26 Å². The zero-order chi connectivity index (χ0) is 48.4. The van der Waals surface area contributed by atoms with Gasteiger partial charge in [-0.2, -0.15) is 5.26 Å². The molecule has 0 aliphatic heterocycles. The average Bonchev–Trinajstić information content (AvgIpc) is 4.05. The van der Waals surface area contributed by atoms with Crippen LogP contribution in [0.2, 0.25) is 0 Å². The first kappa shape index (κ1) is 47.9. The monoisotopic (exact) mass is 1090 g/mol. The zero-order valence-electron chi connectivity index (χ0n) is 41.4. The van der Waals surface area contributed by atoms with Gasteiger partial charge in [0, 0.05) is 42.8 Å². The van der Waals surface area contributed by atoms with E-state index in [2.05, 4.69) is 188 Å². The second kappa shape index (κ2) is 18.7. The van der Waals surface area contributed by atoms with Crippen LogP contribution in [0.1, 0.15) is 109 Å². The number of rotatable bonds is 6. The number of nitriles is 1. The maximum Gasteiger partial charge on any atom is 0.139 e. The summed E-state index contributed by atoms with van der Waals surface area (Å²) in [6.45, 7) is 22.4. The Labute approximate surface area is 424 Å². The van der Waals surface area contributed by atoms with Gasteiger partial charge in [0.1, 0.15) is 16.7 Å². The van der Waals surface area contributed by atoms with Gasteiger partial charge in [0.05, 0.1) is 39.5 Å². The Morgan fingerprint density at radius 3 is 2.01 bits per heavy atom. The van der Waals surface area contributed by atoms with Crippen molar-refractivity contribution in [2.75, 3.05) is 0 Å². The van der Waals surface area contributed by atoms with Crippen LogP contribution in [0.3, 0.4) is 0 Å². The smallest absolute Gasteiger partial charge is 0.139 e. The molecule has 0 bridgehead atoms. The Balaban J connectivity index is 0.000000304. The molecule has 11 aromatic rings. The molecule has 0 amide bonds. The Bertz CT molecular complexity index is 3730. The summed E-state index contributed by atoms with van der Waals surface area (Å²) in [5.41, 5.74) is 16.8. The maximum absolute atomic E-state index is 9.58. The van der Waals surface area contributed by atoms with E-state index in [1.54, 1.807) is 6.07 Å². The van der Waals surface area contributed by atoms with Crippen molar-refractivity contribution in [3.63, 3.8) is 0 Å². The van der Waals surface area contributed by atoms with Crippen molar-refractivity contribution in [2.45, 2.75) is 91.9 Å². The Morgan fingerprint density at radius 1 is 0.643 bits per heavy atom. The second-order valence-electron chi connectivity index (χ2n) is 20.8. The van der Waals surface area contributed by atoms with E-state index in [4.69, 9.17) is 13.8 Å². The average molecular weight is 1090 g/mol. The molecule has 0 aliphatic carbocycles. The fourth-order valence-electron chi connectivity index (χ4n) is 9.60. The third-order valence-corrected chi connectivity index (χ3v) is 13.2. The number of hydrogen-bond donors (Lipinski definition) is 0. The molecule has 70 heavy (non-hydrogen) atoms. The van der Waals surface area contributed by atoms with Gasteiger partial charge in [-0.05, 0) is 117 Å². The van der Waals surface area contributed by atoms with Crippen molar-refractivity contribution >= 4 is 54.9 Å². The fourth-order valence-corrected chi connectivity index (χ4v) is 9.60. The predicted octanol–water partition coefficient (Wildman–Crippen LogP) is 17.2. The normalized spacial score (nSPS) is 12.0. The molecule has 7 heteroatoms. The molecule has 0 fully saturated rings. The Morgan fingerprint density at radius 2 is 1.34 bits per heavy atom. The van der Waals surface area contributed by atoms with Crippen LogP contribution in [0.4, 0.5) is 0 Å². The van der Waals surface area contributed by atoms with Gasteiger partial charge in [-0.25, -0.2) is 0 Å². The molecule has 4 heterocycles.